The summed E-state index contributed by atoms with van der Waals surface area (Å²) < 4.78 is 11.0. The molecule has 0 bridgehead atoms. The van der Waals surface area contributed by atoms with Crippen LogP contribution in [0.4, 0.5) is 0 Å². The van der Waals surface area contributed by atoms with Gasteiger partial charge in [0.25, 0.3) is 0 Å². The van der Waals surface area contributed by atoms with Gasteiger partial charge in [0, 0.05) is 18.7 Å². The van der Waals surface area contributed by atoms with E-state index in [9.17, 15) is 0 Å². The molecule has 0 saturated carbocycles. The summed E-state index contributed by atoms with van der Waals surface area (Å²) in [6, 6.07) is 6.48. The first-order chi connectivity index (χ1) is 10.2. The molecule has 0 aliphatic carbocycles. The maximum atomic E-state index is 9.10. The molecule has 21 heavy (non-hydrogen) atoms. The van der Waals surface area contributed by atoms with Gasteiger partial charge in [0.1, 0.15) is 11.5 Å². The van der Waals surface area contributed by atoms with Gasteiger partial charge in [-0.15, -0.1) is 11.8 Å². The Morgan fingerprint density at radius 2 is 2.10 bits per heavy atom. The van der Waals surface area contributed by atoms with Crippen molar-refractivity contribution in [3.63, 3.8) is 0 Å². The number of benzene rings is 1. The average Bonchev–Trinajstić information content (AvgIpc) is 2.54. The molecule has 1 saturated heterocycles. The molecule has 0 aromatic heterocycles. The first-order valence-electron chi connectivity index (χ1n) is 7.12. The Morgan fingerprint density at radius 3 is 2.71 bits per heavy atom. The number of methoxy groups -OCH3 is 2. The van der Waals surface area contributed by atoms with Gasteiger partial charge in [-0.25, -0.2) is 0 Å². The number of ether oxygens (including phenoxy) is 2. The minimum atomic E-state index is 0.150. The molecule has 0 spiro atoms. The van der Waals surface area contributed by atoms with E-state index >= 15 is 0 Å². The molecule has 5 heteroatoms. The molecule has 0 radical (unpaired) electrons. The van der Waals surface area contributed by atoms with E-state index in [1.165, 1.54) is 0 Å². The molecule has 1 aliphatic heterocycles. The predicted octanol–water partition coefficient (Wildman–Crippen LogP) is 3.16. The van der Waals surface area contributed by atoms with Crippen LogP contribution in [0.25, 0.3) is 0 Å². The summed E-state index contributed by atoms with van der Waals surface area (Å²) in [5.74, 6) is 1.92. The molecule has 114 valence electrons. The third kappa shape index (κ3) is 3.84. The van der Waals surface area contributed by atoms with E-state index in [4.69, 9.17) is 14.7 Å². The fourth-order valence-corrected chi connectivity index (χ4v) is 3.33. The predicted molar refractivity (Wildman–Crippen MR) is 84.9 cm³/mol. The number of hydrogen-bond donors (Lipinski definition) is 0. The molecule has 1 fully saturated rings. The van der Waals surface area contributed by atoms with E-state index in [0.717, 1.165) is 54.4 Å². The van der Waals surface area contributed by atoms with E-state index in [1.54, 1.807) is 26.0 Å². The van der Waals surface area contributed by atoms with Crippen LogP contribution in [0.1, 0.15) is 18.4 Å². The van der Waals surface area contributed by atoms with Crippen molar-refractivity contribution in [1.82, 2.24) is 4.90 Å². The van der Waals surface area contributed by atoms with Crippen molar-refractivity contribution in [1.29, 1.82) is 5.26 Å². The van der Waals surface area contributed by atoms with Crippen LogP contribution in [0.3, 0.4) is 0 Å². The minimum absolute atomic E-state index is 0.150. The zero-order valence-electron chi connectivity index (χ0n) is 12.9. The monoisotopic (exact) mass is 306 g/mol. The molecule has 1 heterocycles. The van der Waals surface area contributed by atoms with E-state index in [0.29, 0.717) is 0 Å². The first kappa shape index (κ1) is 16.0. The summed E-state index contributed by atoms with van der Waals surface area (Å²) in [5.41, 5.74) is 1.12. The second kappa shape index (κ2) is 7.58. The second-order valence-electron chi connectivity index (χ2n) is 5.22. The lowest BCUT2D eigenvalue weighted by molar-refractivity contribution is 0.190. The number of thioether (sulfide) groups is 1. The lowest BCUT2D eigenvalue weighted by Crippen LogP contribution is -2.34. The van der Waals surface area contributed by atoms with E-state index < -0.39 is 0 Å². The summed E-state index contributed by atoms with van der Waals surface area (Å²) in [6.45, 7) is 2.67. The molecular weight excluding hydrogens is 284 g/mol. The van der Waals surface area contributed by atoms with E-state index in [-0.39, 0.29) is 5.92 Å². The van der Waals surface area contributed by atoms with Gasteiger partial charge >= 0.3 is 0 Å². The zero-order chi connectivity index (χ0) is 15.2. The fraction of sp³-hybridized carbons (Fsp3) is 0.562. The Balaban J connectivity index is 2.20. The average molecular weight is 306 g/mol. The smallest absolute Gasteiger partial charge is 0.132 e. The molecule has 0 amide bonds. The van der Waals surface area contributed by atoms with Gasteiger partial charge in [0.2, 0.25) is 0 Å². The summed E-state index contributed by atoms with van der Waals surface area (Å²) in [5, 5.41) is 9.10. The van der Waals surface area contributed by atoms with Gasteiger partial charge < -0.3 is 9.47 Å². The van der Waals surface area contributed by atoms with Gasteiger partial charge in [-0.1, -0.05) is 0 Å². The number of likely N-dealkylation sites (tertiary alicyclic amines) is 1. The second-order valence-corrected chi connectivity index (χ2v) is 6.07. The standard InChI is InChI=1S/C16H22N2O2S/c1-19-14-8-16(21-3)15(20-2)7-13(14)11-18-6-4-5-12(9-17)10-18/h7-8,12H,4-6,10-11H2,1-3H3/t12-/m0/s1. The topological polar surface area (TPSA) is 45.5 Å². The lowest BCUT2D eigenvalue weighted by Gasteiger charge is -2.30. The largest absolute Gasteiger partial charge is 0.496 e. The normalized spacial score (nSPS) is 19.0. The Hall–Kier alpha value is -1.38. The molecule has 1 aromatic carbocycles. The Morgan fingerprint density at radius 1 is 1.33 bits per heavy atom. The van der Waals surface area contributed by atoms with Crippen LogP contribution in [-0.2, 0) is 6.54 Å². The van der Waals surface area contributed by atoms with Gasteiger partial charge in [0.15, 0.2) is 0 Å². The van der Waals surface area contributed by atoms with Crippen LogP contribution >= 0.6 is 11.8 Å². The van der Waals surface area contributed by atoms with Crippen molar-refractivity contribution < 1.29 is 9.47 Å². The van der Waals surface area contributed by atoms with Crippen LogP contribution < -0.4 is 9.47 Å². The van der Waals surface area contributed by atoms with Crippen LogP contribution in [0.15, 0.2) is 17.0 Å². The van der Waals surface area contributed by atoms with Gasteiger partial charge in [-0.2, -0.15) is 5.26 Å². The van der Waals surface area contributed by atoms with Crippen LogP contribution in [0.5, 0.6) is 11.5 Å². The molecule has 2 rings (SSSR count). The molecule has 4 nitrogen and oxygen atoms in total. The maximum absolute atomic E-state index is 9.10. The highest BCUT2D eigenvalue weighted by atomic mass is 32.2. The molecule has 1 aromatic rings. The third-order valence-corrected chi connectivity index (χ3v) is 4.63. The molecule has 1 atom stereocenters. The van der Waals surface area contributed by atoms with Crippen molar-refractivity contribution in [2.24, 2.45) is 5.92 Å². The fourth-order valence-electron chi connectivity index (χ4n) is 2.76. The quantitative estimate of drug-likeness (QED) is 0.782. The highest BCUT2D eigenvalue weighted by Crippen LogP contribution is 2.35. The summed E-state index contributed by atoms with van der Waals surface area (Å²) >= 11 is 1.65. The Labute approximate surface area is 131 Å². The first-order valence-corrected chi connectivity index (χ1v) is 8.35. The number of nitrogens with zero attached hydrogens (tertiary/aromatic N) is 2. The highest BCUT2D eigenvalue weighted by molar-refractivity contribution is 7.98. The van der Waals surface area contributed by atoms with Gasteiger partial charge in [-0.3, -0.25) is 4.90 Å². The number of hydrogen-bond acceptors (Lipinski definition) is 5. The van der Waals surface area contributed by atoms with Gasteiger partial charge in [-0.05, 0) is 37.8 Å². The van der Waals surface area contributed by atoms with Crippen LogP contribution in [0.2, 0.25) is 0 Å². The number of nitriles is 1. The molecule has 0 N–H and O–H groups in total. The molecule has 1 aliphatic rings. The van der Waals surface area contributed by atoms with Crippen molar-refractivity contribution in [3.8, 4) is 17.6 Å². The highest BCUT2D eigenvalue weighted by Gasteiger charge is 2.21. The van der Waals surface area contributed by atoms with Crippen molar-refractivity contribution in [2.45, 2.75) is 24.3 Å². The van der Waals surface area contributed by atoms with Gasteiger partial charge in [0.05, 0.1) is 31.1 Å². The lowest BCUT2D eigenvalue weighted by atomic mass is 9.99. The third-order valence-electron chi connectivity index (χ3n) is 3.87. The molecular formula is C16H22N2O2S. The zero-order valence-corrected chi connectivity index (χ0v) is 13.7. The van der Waals surface area contributed by atoms with Crippen LogP contribution in [-0.4, -0.2) is 38.5 Å². The Bertz CT molecular complexity index is 528. The van der Waals surface area contributed by atoms with Crippen LogP contribution in [0, 0.1) is 17.2 Å². The SMILES string of the molecule is COc1cc(SC)c(OC)cc1CN1CCC[C@@H](C#N)C1. The summed E-state index contributed by atoms with van der Waals surface area (Å²) in [4.78, 5) is 3.40. The Kier molecular flexibility index (Phi) is 5.77. The number of piperidine rings is 1. The molecule has 0 unspecified atom stereocenters. The van der Waals surface area contributed by atoms with Crippen molar-refractivity contribution in [2.75, 3.05) is 33.6 Å². The van der Waals surface area contributed by atoms with Crippen molar-refractivity contribution >= 4 is 11.8 Å². The summed E-state index contributed by atoms with van der Waals surface area (Å²) in [6.07, 6.45) is 4.12. The minimum Gasteiger partial charge on any atom is -0.496 e. The van der Waals surface area contributed by atoms with E-state index in [1.807, 2.05) is 12.3 Å². The summed E-state index contributed by atoms with van der Waals surface area (Å²) in [7, 11) is 3.39. The number of rotatable bonds is 5. The van der Waals surface area contributed by atoms with Crippen molar-refractivity contribution in [3.05, 3.63) is 17.7 Å². The van der Waals surface area contributed by atoms with E-state index in [2.05, 4.69) is 17.0 Å². The maximum Gasteiger partial charge on any atom is 0.132 e.